The van der Waals surface area contributed by atoms with E-state index in [9.17, 15) is 8.42 Å². The summed E-state index contributed by atoms with van der Waals surface area (Å²) in [5.41, 5.74) is 2.21. The molecule has 3 rings (SSSR count). The van der Waals surface area contributed by atoms with Gasteiger partial charge in [-0.1, -0.05) is 19.1 Å². The smallest absolute Gasteiger partial charge is 0.229 e. The van der Waals surface area contributed by atoms with Crippen molar-refractivity contribution in [3.63, 3.8) is 0 Å². The van der Waals surface area contributed by atoms with Crippen molar-refractivity contribution in [2.75, 3.05) is 28.3 Å². The second-order valence-corrected chi connectivity index (χ2v) is 8.49. The van der Waals surface area contributed by atoms with Crippen molar-refractivity contribution in [1.29, 1.82) is 0 Å². The predicted molar refractivity (Wildman–Crippen MR) is 101 cm³/mol. The molecule has 1 unspecified atom stereocenters. The first-order chi connectivity index (χ1) is 12.0. The number of hydrogen-bond acceptors (Lipinski definition) is 6. The van der Waals surface area contributed by atoms with Gasteiger partial charge in [-0.15, -0.1) is 0 Å². The van der Waals surface area contributed by atoms with E-state index in [0.29, 0.717) is 18.9 Å². The molecule has 1 aliphatic heterocycles. The third-order valence-corrected chi connectivity index (χ3v) is 6.29. The molecule has 0 aliphatic carbocycles. The quantitative estimate of drug-likeness (QED) is 0.854. The van der Waals surface area contributed by atoms with Gasteiger partial charge in [0.25, 0.3) is 0 Å². The molecule has 6 nitrogen and oxygen atoms in total. The number of nitrogens with zero attached hydrogens (tertiary/aromatic N) is 3. The number of aromatic nitrogens is 2. The van der Waals surface area contributed by atoms with Crippen molar-refractivity contribution in [3.8, 4) is 0 Å². The van der Waals surface area contributed by atoms with Crippen LogP contribution in [0.2, 0.25) is 0 Å². The maximum Gasteiger partial charge on any atom is 0.229 e. The van der Waals surface area contributed by atoms with Gasteiger partial charge in [-0.25, -0.2) is 13.4 Å². The number of anilines is 3. The minimum atomic E-state index is -2.92. The van der Waals surface area contributed by atoms with E-state index >= 15 is 0 Å². The summed E-state index contributed by atoms with van der Waals surface area (Å²) in [7, 11) is -2.92. The summed E-state index contributed by atoms with van der Waals surface area (Å²) in [4.78, 5) is 10.9. The summed E-state index contributed by atoms with van der Waals surface area (Å²) in [5.74, 6) is 1.73. The molecule has 0 spiro atoms. The van der Waals surface area contributed by atoms with E-state index in [2.05, 4.69) is 39.2 Å². The molecule has 1 fully saturated rings. The maximum atomic E-state index is 11.8. The normalized spacial score (nSPS) is 18.9. The molecule has 1 atom stereocenters. The van der Waals surface area contributed by atoms with Crippen molar-refractivity contribution in [1.82, 2.24) is 9.97 Å². The fourth-order valence-corrected chi connectivity index (χ4v) is 4.88. The van der Waals surface area contributed by atoms with Crippen molar-refractivity contribution in [2.24, 2.45) is 0 Å². The van der Waals surface area contributed by atoms with E-state index in [1.165, 1.54) is 5.56 Å². The standard InChI is InChI=1S/C18H24N4O2S/c1-3-14-5-7-15(8-6-14)20-18-19-11-9-17(21-18)22(4-2)16-10-12-25(23,24)13-16/h5-9,11,16H,3-4,10,12-13H2,1-2H3,(H,19,20,21). The van der Waals surface area contributed by atoms with Crippen molar-refractivity contribution in [3.05, 3.63) is 42.1 Å². The average molecular weight is 360 g/mol. The van der Waals surface area contributed by atoms with Crippen LogP contribution >= 0.6 is 0 Å². The Morgan fingerprint density at radius 1 is 1.20 bits per heavy atom. The SMILES string of the molecule is CCc1ccc(Nc2nccc(N(CC)C3CCS(=O)(=O)C3)n2)cc1. The predicted octanol–water partition coefficient (Wildman–Crippen LogP) is 2.80. The summed E-state index contributed by atoms with van der Waals surface area (Å²) in [5, 5.41) is 3.21. The Kier molecular flexibility index (Phi) is 5.22. The van der Waals surface area contributed by atoms with Gasteiger partial charge in [0.15, 0.2) is 9.84 Å². The Bertz CT molecular complexity index is 821. The molecule has 1 N–H and O–H groups in total. The largest absolute Gasteiger partial charge is 0.353 e. The first-order valence-electron chi connectivity index (χ1n) is 8.67. The van der Waals surface area contributed by atoms with Crippen LogP contribution in [0.15, 0.2) is 36.5 Å². The Morgan fingerprint density at radius 3 is 2.56 bits per heavy atom. The summed E-state index contributed by atoms with van der Waals surface area (Å²) >= 11 is 0. The van der Waals surface area contributed by atoms with Crippen LogP contribution in [0, 0.1) is 0 Å². The summed E-state index contributed by atoms with van der Waals surface area (Å²) in [6.07, 6.45) is 3.36. The lowest BCUT2D eigenvalue weighted by atomic mass is 10.1. The van der Waals surface area contributed by atoms with Gasteiger partial charge in [0.2, 0.25) is 5.95 Å². The second-order valence-electron chi connectivity index (χ2n) is 6.26. The van der Waals surface area contributed by atoms with Crippen LogP contribution in [-0.4, -0.2) is 42.5 Å². The number of hydrogen-bond donors (Lipinski definition) is 1. The number of nitrogens with one attached hydrogen (secondary N) is 1. The monoisotopic (exact) mass is 360 g/mol. The highest BCUT2D eigenvalue weighted by Gasteiger charge is 2.32. The van der Waals surface area contributed by atoms with Gasteiger partial charge < -0.3 is 10.2 Å². The zero-order chi connectivity index (χ0) is 17.9. The summed E-state index contributed by atoms with van der Waals surface area (Å²) in [6.45, 7) is 4.85. The van der Waals surface area contributed by atoms with E-state index < -0.39 is 9.84 Å². The van der Waals surface area contributed by atoms with Gasteiger partial charge in [-0.3, -0.25) is 0 Å². The topological polar surface area (TPSA) is 75.2 Å². The third kappa shape index (κ3) is 4.28. The van der Waals surface area contributed by atoms with E-state index in [4.69, 9.17) is 0 Å². The van der Waals surface area contributed by atoms with Crippen LogP contribution < -0.4 is 10.2 Å². The molecule has 0 amide bonds. The highest BCUT2D eigenvalue weighted by molar-refractivity contribution is 7.91. The molecular weight excluding hydrogens is 336 g/mol. The molecule has 0 bridgehead atoms. The van der Waals surface area contributed by atoms with E-state index in [-0.39, 0.29) is 17.5 Å². The average Bonchev–Trinajstić information content (AvgIpc) is 2.96. The van der Waals surface area contributed by atoms with E-state index in [1.54, 1.807) is 6.20 Å². The Labute approximate surface area is 149 Å². The van der Waals surface area contributed by atoms with Crippen LogP contribution in [0.5, 0.6) is 0 Å². The van der Waals surface area contributed by atoms with Crippen LogP contribution in [-0.2, 0) is 16.3 Å². The van der Waals surface area contributed by atoms with Gasteiger partial charge in [0.1, 0.15) is 5.82 Å². The molecule has 0 saturated carbocycles. The fourth-order valence-electron chi connectivity index (χ4n) is 3.15. The van der Waals surface area contributed by atoms with E-state index in [0.717, 1.165) is 17.9 Å². The summed E-state index contributed by atoms with van der Waals surface area (Å²) in [6, 6.07) is 10.00. The van der Waals surface area contributed by atoms with Crippen LogP contribution in [0.1, 0.15) is 25.8 Å². The lowest BCUT2D eigenvalue weighted by molar-refractivity contribution is 0.599. The van der Waals surface area contributed by atoms with Crippen molar-refractivity contribution >= 4 is 27.3 Å². The van der Waals surface area contributed by atoms with Crippen molar-refractivity contribution < 1.29 is 8.42 Å². The van der Waals surface area contributed by atoms with Crippen LogP contribution in [0.25, 0.3) is 0 Å². The second kappa shape index (κ2) is 7.39. The molecule has 25 heavy (non-hydrogen) atoms. The maximum absolute atomic E-state index is 11.8. The molecule has 1 aromatic carbocycles. The number of aryl methyl sites for hydroxylation is 1. The molecule has 0 radical (unpaired) electrons. The van der Waals surface area contributed by atoms with Gasteiger partial charge in [-0.05, 0) is 43.5 Å². The minimum absolute atomic E-state index is 0.0124. The zero-order valence-electron chi connectivity index (χ0n) is 14.6. The molecule has 134 valence electrons. The van der Waals surface area contributed by atoms with Crippen LogP contribution in [0.4, 0.5) is 17.5 Å². The molecule has 1 aliphatic rings. The Hall–Kier alpha value is -2.15. The van der Waals surface area contributed by atoms with E-state index in [1.807, 2.05) is 25.1 Å². The molecule has 7 heteroatoms. The van der Waals surface area contributed by atoms with Crippen LogP contribution in [0.3, 0.4) is 0 Å². The highest BCUT2D eigenvalue weighted by atomic mass is 32.2. The molecule has 1 saturated heterocycles. The molecule has 2 heterocycles. The fraction of sp³-hybridized carbons (Fsp3) is 0.444. The van der Waals surface area contributed by atoms with Gasteiger partial charge >= 0.3 is 0 Å². The van der Waals surface area contributed by atoms with Gasteiger partial charge in [-0.2, -0.15) is 4.98 Å². The zero-order valence-corrected chi connectivity index (χ0v) is 15.5. The van der Waals surface area contributed by atoms with Gasteiger partial charge in [0, 0.05) is 24.5 Å². The van der Waals surface area contributed by atoms with Crippen molar-refractivity contribution in [2.45, 2.75) is 32.7 Å². The first kappa shape index (κ1) is 17.7. The number of sulfone groups is 1. The summed E-state index contributed by atoms with van der Waals surface area (Å²) < 4.78 is 23.6. The minimum Gasteiger partial charge on any atom is -0.353 e. The molecule has 2 aromatic rings. The lowest BCUT2D eigenvalue weighted by Gasteiger charge is -2.28. The Balaban J connectivity index is 1.77. The Morgan fingerprint density at radius 2 is 1.96 bits per heavy atom. The molecular formula is C18H24N4O2S. The van der Waals surface area contributed by atoms with Gasteiger partial charge in [0.05, 0.1) is 11.5 Å². The number of rotatable bonds is 6. The number of benzene rings is 1. The molecule has 1 aromatic heterocycles. The first-order valence-corrected chi connectivity index (χ1v) is 10.5. The highest BCUT2D eigenvalue weighted by Crippen LogP contribution is 2.24. The third-order valence-electron chi connectivity index (χ3n) is 4.54. The lowest BCUT2D eigenvalue weighted by Crippen LogP contribution is -2.36.